The van der Waals surface area contributed by atoms with Crippen molar-refractivity contribution in [3.63, 3.8) is 0 Å². The molecule has 0 radical (unpaired) electrons. The molecule has 3 rings (SSSR count). The smallest absolute Gasteiger partial charge is 0.351 e. The molecule has 2 heterocycles. The second-order valence-corrected chi connectivity index (χ2v) is 4.57. The second-order valence-electron chi connectivity index (χ2n) is 4.57. The van der Waals surface area contributed by atoms with E-state index >= 15 is 0 Å². The van der Waals surface area contributed by atoms with E-state index in [0.717, 1.165) is 6.42 Å². The molecule has 1 saturated carbocycles. The molecule has 86 valence electrons. The van der Waals surface area contributed by atoms with Crippen LogP contribution in [-0.4, -0.2) is 27.9 Å². The lowest BCUT2D eigenvalue weighted by Crippen LogP contribution is -2.28. The predicted octanol–water partition coefficient (Wildman–Crippen LogP) is -0.647. The number of aliphatic hydroxyl groups excluding tert-OH is 1. The number of aliphatic hydroxyl groups is 1. The van der Waals surface area contributed by atoms with E-state index in [1.165, 1.54) is 4.57 Å². The van der Waals surface area contributed by atoms with Crippen LogP contribution < -0.4 is 11.4 Å². The van der Waals surface area contributed by atoms with Crippen LogP contribution >= 0.6 is 0 Å². The molecular weight excluding hydrogens is 210 g/mol. The van der Waals surface area contributed by atoms with Gasteiger partial charge in [-0.05, 0) is 12.5 Å². The van der Waals surface area contributed by atoms with E-state index in [1.807, 2.05) is 0 Å². The van der Waals surface area contributed by atoms with Gasteiger partial charge >= 0.3 is 5.69 Å². The van der Waals surface area contributed by atoms with E-state index < -0.39 is 5.69 Å². The Hall–Kier alpha value is -1.40. The van der Waals surface area contributed by atoms with Crippen LogP contribution in [0, 0.1) is 11.3 Å². The van der Waals surface area contributed by atoms with E-state index in [9.17, 15) is 9.90 Å². The van der Waals surface area contributed by atoms with E-state index in [1.54, 1.807) is 12.3 Å². The van der Waals surface area contributed by atoms with Gasteiger partial charge in [-0.1, -0.05) is 0 Å². The minimum Gasteiger partial charge on any atom is -0.396 e. The maximum atomic E-state index is 11.6. The van der Waals surface area contributed by atoms with Gasteiger partial charge in [-0.25, -0.2) is 4.79 Å². The number of ether oxygens (including phenoxy) is 1. The lowest BCUT2D eigenvalue weighted by molar-refractivity contribution is 0.0139. The van der Waals surface area contributed by atoms with Crippen molar-refractivity contribution in [3.8, 4) is 0 Å². The number of fused-ring (bicyclic) bond motifs is 1. The van der Waals surface area contributed by atoms with Crippen LogP contribution in [0.4, 0.5) is 5.82 Å². The highest BCUT2D eigenvalue weighted by Gasteiger charge is 2.63. The predicted molar refractivity (Wildman–Crippen MR) is 55.5 cm³/mol. The van der Waals surface area contributed by atoms with Crippen molar-refractivity contribution in [2.75, 3.05) is 18.9 Å². The van der Waals surface area contributed by atoms with Crippen LogP contribution in [0.1, 0.15) is 12.6 Å². The van der Waals surface area contributed by atoms with Gasteiger partial charge < -0.3 is 15.6 Å². The average Bonchev–Trinajstić information content (AvgIpc) is 2.88. The Balaban J connectivity index is 1.92. The number of aromatic nitrogens is 2. The summed E-state index contributed by atoms with van der Waals surface area (Å²) in [5.41, 5.74) is 4.90. The second kappa shape index (κ2) is 3.05. The first-order valence-corrected chi connectivity index (χ1v) is 5.23. The van der Waals surface area contributed by atoms with Crippen molar-refractivity contribution in [1.82, 2.24) is 9.55 Å². The topological polar surface area (TPSA) is 90.4 Å². The minimum atomic E-state index is -0.398. The molecule has 0 bridgehead atoms. The summed E-state index contributed by atoms with van der Waals surface area (Å²) < 4.78 is 6.99. The van der Waals surface area contributed by atoms with E-state index in [0.29, 0.717) is 6.61 Å². The van der Waals surface area contributed by atoms with Crippen molar-refractivity contribution < 1.29 is 9.84 Å². The Morgan fingerprint density at radius 1 is 1.75 bits per heavy atom. The summed E-state index contributed by atoms with van der Waals surface area (Å²) in [5, 5.41) is 9.24. The average molecular weight is 223 g/mol. The largest absolute Gasteiger partial charge is 0.396 e. The van der Waals surface area contributed by atoms with Gasteiger partial charge in [0.05, 0.1) is 13.2 Å². The van der Waals surface area contributed by atoms with Crippen LogP contribution in [0.5, 0.6) is 0 Å². The van der Waals surface area contributed by atoms with Gasteiger partial charge in [-0.2, -0.15) is 4.98 Å². The van der Waals surface area contributed by atoms with Gasteiger partial charge in [-0.3, -0.25) is 4.57 Å². The molecule has 2 aliphatic rings. The summed E-state index contributed by atoms with van der Waals surface area (Å²) in [5.74, 6) is 0.434. The summed E-state index contributed by atoms with van der Waals surface area (Å²) in [4.78, 5) is 15.3. The summed E-state index contributed by atoms with van der Waals surface area (Å²) in [6, 6.07) is 1.58. The monoisotopic (exact) mass is 223 g/mol. The number of nitrogens with zero attached hydrogens (tertiary/aromatic N) is 2. The molecule has 1 aliphatic heterocycles. The van der Waals surface area contributed by atoms with Crippen LogP contribution in [-0.2, 0) is 4.74 Å². The fraction of sp³-hybridized carbons (Fsp3) is 0.600. The normalized spacial score (nSPS) is 36.1. The third-order valence-electron chi connectivity index (χ3n) is 3.58. The molecule has 0 aromatic carbocycles. The summed E-state index contributed by atoms with van der Waals surface area (Å²) in [7, 11) is 0. The van der Waals surface area contributed by atoms with E-state index in [2.05, 4.69) is 4.98 Å². The molecule has 16 heavy (non-hydrogen) atoms. The van der Waals surface area contributed by atoms with E-state index in [4.69, 9.17) is 10.5 Å². The molecule has 3 N–H and O–H groups in total. The molecule has 2 fully saturated rings. The molecule has 1 saturated heterocycles. The molecule has 6 heteroatoms. The lowest BCUT2D eigenvalue weighted by Gasteiger charge is -2.14. The van der Waals surface area contributed by atoms with Gasteiger partial charge in [0.1, 0.15) is 12.0 Å². The zero-order valence-electron chi connectivity index (χ0n) is 8.67. The fourth-order valence-electron chi connectivity index (χ4n) is 2.44. The van der Waals surface area contributed by atoms with Gasteiger partial charge in [0.25, 0.3) is 0 Å². The zero-order chi connectivity index (χ0) is 11.3. The summed E-state index contributed by atoms with van der Waals surface area (Å²) in [6.45, 7) is 0.626. The van der Waals surface area contributed by atoms with Crippen molar-refractivity contribution in [2.45, 2.75) is 12.6 Å². The molecule has 1 aromatic rings. The highest BCUT2D eigenvalue weighted by molar-refractivity contribution is 5.24. The maximum absolute atomic E-state index is 11.6. The number of hydrogen-bond donors (Lipinski definition) is 2. The highest BCUT2D eigenvalue weighted by Crippen LogP contribution is 2.62. The molecule has 0 spiro atoms. The summed E-state index contributed by atoms with van der Waals surface area (Å²) >= 11 is 0. The SMILES string of the molecule is Nc1ccn([C@@H]2OC[C@]3(CO)C[C@H]23)c(=O)n1. The first kappa shape index (κ1) is 9.80. The van der Waals surface area contributed by atoms with Crippen molar-refractivity contribution in [2.24, 2.45) is 11.3 Å². The van der Waals surface area contributed by atoms with Gasteiger partial charge in [0, 0.05) is 17.5 Å². The third kappa shape index (κ3) is 1.20. The van der Waals surface area contributed by atoms with Crippen LogP contribution in [0.25, 0.3) is 0 Å². The number of nitrogens with two attached hydrogens (primary N) is 1. The van der Waals surface area contributed by atoms with Gasteiger partial charge in [0.15, 0.2) is 0 Å². The van der Waals surface area contributed by atoms with Crippen LogP contribution in [0.2, 0.25) is 0 Å². The van der Waals surface area contributed by atoms with Crippen molar-refractivity contribution >= 4 is 5.82 Å². The number of anilines is 1. The first-order chi connectivity index (χ1) is 7.66. The minimum absolute atomic E-state index is 0.116. The maximum Gasteiger partial charge on any atom is 0.351 e. The highest BCUT2D eigenvalue weighted by atomic mass is 16.5. The zero-order valence-corrected chi connectivity index (χ0v) is 8.67. The molecule has 6 nitrogen and oxygen atoms in total. The number of rotatable bonds is 2. The third-order valence-corrected chi connectivity index (χ3v) is 3.58. The number of hydrogen-bond acceptors (Lipinski definition) is 5. The standard InChI is InChI=1S/C10H13N3O3/c11-7-1-2-13(9(15)12-7)8-6-3-10(6,4-14)5-16-8/h1-2,6,8,14H,3-5H2,(H2,11,12,15)/t6-,8-,10-/m1/s1. The molecule has 0 unspecified atom stereocenters. The Morgan fingerprint density at radius 3 is 3.12 bits per heavy atom. The first-order valence-electron chi connectivity index (χ1n) is 5.23. The van der Waals surface area contributed by atoms with Crippen molar-refractivity contribution in [1.29, 1.82) is 0 Å². The van der Waals surface area contributed by atoms with Gasteiger partial charge in [-0.15, -0.1) is 0 Å². The Morgan fingerprint density at radius 2 is 2.56 bits per heavy atom. The van der Waals surface area contributed by atoms with Gasteiger partial charge in [0.2, 0.25) is 0 Å². The molecule has 1 aliphatic carbocycles. The number of nitrogen functional groups attached to an aromatic ring is 1. The van der Waals surface area contributed by atoms with Crippen molar-refractivity contribution in [3.05, 3.63) is 22.7 Å². The fourth-order valence-corrected chi connectivity index (χ4v) is 2.44. The van der Waals surface area contributed by atoms with Crippen LogP contribution in [0.3, 0.4) is 0 Å². The Bertz CT molecular complexity index is 486. The molecule has 3 atom stereocenters. The van der Waals surface area contributed by atoms with Crippen LogP contribution in [0.15, 0.2) is 17.1 Å². The Kier molecular flexibility index (Phi) is 1.87. The molecule has 0 amide bonds. The molecular formula is C10H13N3O3. The molecule has 1 aromatic heterocycles. The quantitative estimate of drug-likeness (QED) is 0.695. The van der Waals surface area contributed by atoms with E-state index in [-0.39, 0.29) is 30.0 Å². The summed E-state index contributed by atoms with van der Waals surface area (Å²) in [6.07, 6.45) is 2.21. The lowest BCUT2D eigenvalue weighted by atomic mass is 10.1. The Labute approximate surface area is 91.7 Å².